The van der Waals surface area contributed by atoms with Crippen LogP contribution in [0, 0.1) is 5.92 Å². The molecule has 1 aromatic rings. The molecule has 0 aromatic heterocycles. The van der Waals surface area contributed by atoms with Crippen LogP contribution in [-0.2, 0) is 6.42 Å². The van der Waals surface area contributed by atoms with Gasteiger partial charge < -0.3 is 14.8 Å². The molecule has 1 N–H and O–H groups in total. The minimum absolute atomic E-state index is 0.573. The molecule has 1 aromatic carbocycles. The van der Waals surface area contributed by atoms with Gasteiger partial charge in [0.15, 0.2) is 11.5 Å². The van der Waals surface area contributed by atoms with Crippen LogP contribution in [0.25, 0.3) is 0 Å². The molecule has 21 heavy (non-hydrogen) atoms. The Labute approximate surface area is 129 Å². The molecule has 1 unspecified atom stereocenters. The van der Waals surface area contributed by atoms with Crippen molar-refractivity contribution in [1.29, 1.82) is 0 Å². The summed E-state index contributed by atoms with van der Waals surface area (Å²) in [6.07, 6.45) is 7.78. The highest BCUT2D eigenvalue weighted by molar-refractivity contribution is 5.43. The summed E-state index contributed by atoms with van der Waals surface area (Å²) in [5, 5.41) is 3.70. The third kappa shape index (κ3) is 5.24. The Hall–Kier alpha value is -1.22. The van der Waals surface area contributed by atoms with Crippen molar-refractivity contribution in [3.05, 3.63) is 23.8 Å². The van der Waals surface area contributed by atoms with Gasteiger partial charge in [0.2, 0.25) is 0 Å². The molecular formula is C18H29NO2. The molecule has 0 aliphatic heterocycles. The van der Waals surface area contributed by atoms with Crippen molar-refractivity contribution >= 4 is 0 Å². The van der Waals surface area contributed by atoms with Crippen LogP contribution in [0.5, 0.6) is 11.5 Å². The van der Waals surface area contributed by atoms with Crippen molar-refractivity contribution in [3.8, 4) is 11.5 Å². The van der Waals surface area contributed by atoms with Crippen LogP contribution in [0.1, 0.15) is 44.6 Å². The molecule has 0 radical (unpaired) electrons. The summed E-state index contributed by atoms with van der Waals surface area (Å²) in [4.78, 5) is 0. The van der Waals surface area contributed by atoms with E-state index in [0.29, 0.717) is 6.04 Å². The van der Waals surface area contributed by atoms with E-state index in [4.69, 9.17) is 9.47 Å². The van der Waals surface area contributed by atoms with Gasteiger partial charge in [-0.05, 0) is 55.8 Å². The van der Waals surface area contributed by atoms with Gasteiger partial charge in [-0.15, -0.1) is 0 Å². The summed E-state index contributed by atoms with van der Waals surface area (Å²) in [5.74, 6) is 2.63. The molecular weight excluding hydrogens is 262 g/mol. The van der Waals surface area contributed by atoms with Crippen molar-refractivity contribution in [2.45, 2.75) is 51.5 Å². The van der Waals surface area contributed by atoms with Crippen LogP contribution in [0.2, 0.25) is 0 Å². The maximum absolute atomic E-state index is 5.40. The monoisotopic (exact) mass is 291 g/mol. The van der Waals surface area contributed by atoms with Crippen molar-refractivity contribution in [1.82, 2.24) is 5.32 Å². The topological polar surface area (TPSA) is 30.5 Å². The fraction of sp³-hybridized carbons (Fsp3) is 0.667. The van der Waals surface area contributed by atoms with Gasteiger partial charge in [-0.2, -0.15) is 0 Å². The highest BCUT2D eigenvalue weighted by Gasteiger charge is 2.22. The highest BCUT2D eigenvalue weighted by atomic mass is 16.5. The molecule has 118 valence electrons. The van der Waals surface area contributed by atoms with Gasteiger partial charge in [0.25, 0.3) is 0 Å². The third-order valence-corrected chi connectivity index (χ3v) is 4.23. The molecule has 0 saturated heterocycles. The first kappa shape index (κ1) is 16.2. The van der Waals surface area contributed by atoms with E-state index in [1.165, 1.54) is 37.7 Å². The lowest BCUT2D eigenvalue weighted by Crippen LogP contribution is -2.32. The minimum Gasteiger partial charge on any atom is -0.493 e. The average molecular weight is 291 g/mol. The van der Waals surface area contributed by atoms with Gasteiger partial charge in [0.05, 0.1) is 14.2 Å². The molecule has 0 amide bonds. The molecule has 1 aliphatic carbocycles. The lowest BCUT2D eigenvalue weighted by atomic mass is 10.00. The number of hydrogen-bond acceptors (Lipinski definition) is 3. The average Bonchev–Trinajstić information content (AvgIpc) is 3.34. The van der Waals surface area contributed by atoms with Crippen molar-refractivity contribution < 1.29 is 9.47 Å². The maximum Gasteiger partial charge on any atom is 0.160 e. The van der Waals surface area contributed by atoms with E-state index in [1.54, 1.807) is 14.2 Å². The van der Waals surface area contributed by atoms with E-state index < -0.39 is 0 Å². The molecule has 1 atom stereocenters. The predicted molar refractivity (Wildman–Crippen MR) is 87.3 cm³/mol. The van der Waals surface area contributed by atoms with E-state index >= 15 is 0 Å². The number of ether oxygens (including phenoxy) is 2. The molecule has 1 fully saturated rings. The van der Waals surface area contributed by atoms with E-state index in [9.17, 15) is 0 Å². The van der Waals surface area contributed by atoms with Gasteiger partial charge in [-0.3, -0.25) is 0 Å². The first-order valence-electron chi connectivity index (χ1n) is 8.21. The number of hydrogen-bond donors (Lipinski definition) is 1. The second kappa shape index (κ2) is 8.28. The minimum atomic E-state index is 0.573. The van der Waals surface area contributed by atoms with E-state index in [2.05, 4.69) is 24.4 Å². The second-order valence-electron chi connectivity index (χ2n) is 6.07. The van der Waals surface area contributed by atoms with Gasteiger partial charge in [-0.25, -0.2) is 0 Å². The van der Waals surface area contributed by atoms with Crippen molar-refractivity contribution in [3.63, 3.8) is 0 Å². The summed E-state index contributed by atoms with van der Waals surface area (Å²) >= 11 is 0. The standard InChI is InChI=1S/C18H29NO2/c1-4-11-19-16(9-7-14-5-6-14)12-15-8-10-17(20-2)18(13-15)21-3/h8,10,13-14,16,19H,4-7,9,11-12H2,1-3H3. The van der Waals surface area contributed by atoms with Crippen molar-refractivity contribution in [2.24, 2.45) is 5.92 Å². The van der Waals surface area contributed by atoms with Crippen LogP contribution in [0.15, 0.2) is 18.2 Å². The molecule has 3 nitrogen and oxygen atoms in total. The van der Waals surface area contributed by atoms with Gasteiger partial charge >= 0.3 is 0 Å². The Kier molecular flexibility index (Phi) is 6.37. The van der Waals surface area contributed by atoms with Gasteiger partial charge in [0.1, 0.15) is 0 Å². The number of benzene rings is 1. The lowest BCUT2D eigenvalue weighted by molar-refractivity contribution is 0.354. The fourth-order valence-electron chi connectivity index (χ4n) is 2.76. The fourth-order valence-corrected chi connectivity index (χ4v) is 2.76. The Morgan fingerprint density at radius 2 is 1.95 bits per heavy atom. The quantitative estimate of drug-likeness (QED) is 0.711. The summed E-state index contributed by atoms with van der Waals surface area (Å²) in [5.41, 5.74) is 1.32. The lowest BCUT2D eigenvalue weighted by Gasteiger charge is -2.19. The Morgan fingerprint density at radius 3 is 2.57 bits per heavy atom. The van der Waals surface area contributed by atoms with E-state index in [-0.39, 0.29) is 0 Å². The normalized spacial score (nSPS) is 15.8. The van der Waals surface area contributed by atoms with Crippen LogP contribution < -0.4 is 14.8 Å². The summed E-state index contributed by atoms with van der Waals surface area (Å²) in [6, 6.07) is 6.84. The van der Waals surface area contributed by atoms with Crippen LogP contribution in [0.4, 0.5) is 0 Å². The molecule has 0 bridgehead atoms. The number of methoxy groups -OCH3 is 2. The summed E-state index contributed by atoms with van der Waals surface area (Å²) in [7, 11) is 3.38. The molecule has 1 saturated carbocycles. The highest BCUT2D eigenvalue weighted by Crippen LogP contribution is 2.34. The Bertz CT molecular complexity index is 429. The maximum atomic E-state index is 5.40. The van der Waals surface area contributed by atoms with Crippen molar-refractivity contribution in [2.75, 3.05) is 20.8 Å². The smallest absolute Gasteiger partial charge is 0.160 e. The van der Waals surface area contributed by atoms with Crippen LogP contribution >= 0.6 is 0 Å². The summed E-state index contributed by atoms with van der Waals surface area (Å²) in [6.45, 7) is 3.32. The third-order valence-electron chi connectivity index (χ3n) is 4.23. The van der Waals surface area contributed by atoms with Crippen LogP contribution in [0.3, 0.4) is 0 Å². The molecule has 1 aliphatic rings. The first-order valence-corrected chi connectivity index (χ1v) is 8.21. The Morgan fingerprint density at radius 1 is 1.19 bits per heavy atom. The zero-order valence-electron chi connectivity index (χ0n) is 13.7. The summed E-state index contributed by atoms with van der Waals surface area (Å²) < 4.78 is 10.7. The predicted octanol–water partition coefficient (Wildman–Crippen LogP) is 3.80. The SMILES string of the molecule is CCCNC(CCC1CC1)Cc1ccc(OC)c(OC)c1. The van der Waals surface area contributed by atoms with E-state index in [1.807, 2.05) is 6.07 Å². The molecule has 0 spiro atoms. The number of nitrogens with one attached hydrogen (secondary N) is 1. The second-order valence-corrected chi connectivity index (χ2v) is 6.07. The molecule has 2 rings (SSSR count). The molecule has 0 heterocycles. The zero-order valence-corrected chi connectivity index (χ0v) is 13.7. The first-order chi connectivity index (χ1) is 10.3. The zero-order chi connectivity index (χ0) is 15.1. The van der Waals surface area contributed by atoms with Crippen LogP contribution in [-0.4, -0.2) is 26.8 Å². The van der Waals surface area contributed by atoms with E-state index in [0.717, 1.165) is 30.4 Å². The Balaban J connectivity index is 1.96. The largest absolute Gasteiger partial charge is 0.493 e. The van der Waals surface area contributed by atoms with Gasteiger partial charge in [-0.1, -0.05) is 25.8 Å². The number of rotatable bonds is 10. The molecule has 3 heteroatoms. The van der Waals surface area contributed by atoms with Gasteiger partial charge in [0, 0.05) is 6.04 Å².